The van der Waals surface area contributed by atoms with E-state index in [2.05, 4.69) is 41.5 Å². The van der Waals surface area contributed by atoms with E-state index in [9.17, 15) is 9.59 Å². The second-order valence-corrected chi connectivity index (χ2v) is 7.75. The molecule has 6 heteroatoms. The molecule has 2 aromatic carbocycles. The maximum absolute atomic E-state index is 12.7. The molecule has 1 heterocycles. The first-order valence-electron chi connectivity index (χ1n) is 10.1. The van der Waals surface area contributed by atoms with E-state index in [1.165, 1.54) is 16.9 Å². The van der Waals surface area contributed by atoms with Crippen molar-refractivity contribution in [1.29, 1.82) is 0 Å². The molecule has 0 bridgehead atoms. The van der Waals surface area contributed by atoms with Gasteiger partial charge in [0.05, 0.1) is 16.8 Å². The van der Waals surface area contributed by atoms with E-state index in [-0.39, 0.29) is 11.8 Å². The van der Waals surface area contributed by atoms with E-state index in [0.29, 0.717) is 23.4 Å². The van der Waals surface area contributed by atoms with Gasteiger partial charge in [-0.25, -0.2) is 0 Å². The summed E-state index contributed by atoms with van der Waals surface area (Å²) in [6, 6.07) is 17.1. The average molecular weight is 422 g/mol. The van der Waals surface area contributed by atoms with Gasteiger partial charge in [0.2, 0.25) is 0 Å². The van der Waals surface area contributed by atoms with Crippen molar-refractivity contribution in [2.75, 3.05) is 18.4 Å². The number of benzene rings is 2. The molecule has 0 atom stereocenters. The normalized spacial score (nSPS) is 10.8. The Bertz CT molecular complexity index is 964. The second-order valence-electron chi connectivity index (χ2n) is 6.97. The van der Waals surface area contributed by atoms with Crippen LogP contribution < -0.4 is 10.6 Å². The lowest BCUT2D eigenvalue weighted by Gasteiger charge is -2.18. The molecule has 0 aliphatic rings. The third-order valence-corrected chi connectivity index (χ3v) is 5.66. The lowest BCUT2D eigenvalue weighted by atomic mass is 10.1. The fourth-order valence-electron chi connectivity index (χ4n) is 3.12. The number of hydrogen-bond donors (Lipinski definition) is 2. The number of carbonyl (C=O) groups is 2. The number of anilines is 1. The average Bonchev–Trinajstić information content (AvgIpc) is 3.32. The van der Waals surface area contributed by atoms with Crippen LogP contribution in [0.15, 0.2) is 65.4 Å². The van der Waals surface area contributed by atoms with E-state index in [1.807, 2.05) is 17.5 Å². The van der Waals surface area contributed by atoms with Crippen molar-refractivity contribution in [2.45, 2.75) is 26.9 Å². The van der Waals surface area contributed by atoms with Crippen LogP contribution in [0.3, 0.4) is 0 Å². The predicted octanol–water partition coefficient (Wildman–Crippen LogP) is 4.77. The maximum Gasteiger partial charge on any atom is 0.256 e. The summed E-state index contributed by atoms with van der Waals surface area (Å²) in [5, 5.41) is 9.41. The molecule has 0 saturated heterocycles. The number of amides is 2. The van der Waals surface area contributed by atoms with Crippen LogP contribution in [0.4, 0.5) is 5.69 Å². The van der Waals surface area contributed by atoms with E-state index >= 15 is 0 Å². The monoisotopic (exact) mass is 421 g/mol. The molecule has 2 N–H and O–H groups in total. The van der Waals surface area contributed by atoms with Crippen molar-refractivity contribution >= 4 is 28.8 Å². The zero-order chi connectivity index (χ0) is 21.3. The fraction of sp³-hybridized carbons (Fsp3) is 0.250. The second kappa shape index (κ2) is 10.7. The van der Waals surface area contributed by atoms with Gasteiger partial charge in [0.15, 0.2) is 0 Å². The molecule has 0 unspecified atom stereocenters. The van der Waals surface area contributed by atoms with Crippen LogP contribution >= 0.6 is 11.3 Å². The molecule has 3 rings (SSSR count). The van der Waals surface area contributed by atoms with E-state index in [1.54, 1.807) is 35.7 Å². The molecule has 1 aromatic heterocycles. The minimum atomic E-state index is -0.222. The van der Waals surface area contributed by atoms with Crippen LogP contribution in [0.1, 0.15) is 45.7 Å². The van der Waals surface area contributed by atoms with Crippen molar-refractivity contribution < 1.29 is 9.59 Å². The van der Waals surface area contributed by atoms with E-state index in [0.717, 1.165) is 25.2 Å². The smallest absolute Gasteiger partial charge is 0.256 e. The number of rotatable bonds is 9. The topological polar surface area (TPSA) is 61.4 Å². The Morgan fingerprint density at radius 1 is 0.900 bits per heavy atom. The maximum atomic E-state index is 12.7. The molecule has 156 valence electrons. The molecule has 0 radical (unpaired) electrons. The zero-order valence-electron chi connectivity index (χ0n) is 17.4. The van der Waals surface area contributed by atoms with Gasteiger partial charge in [-0.05, 0) is 47.8 Å². The Balaban J connectivity index is 1.60. The standard InChI is InChI=1S/C24H27N3O2S/c1-3-27(4-2)16-19-11-9-18(10-12-19)15-25-24(29)21-7-5-6-8-22(21)26-23(28)20-13-14-30-17-20/h5-14,17H,3-4,15-16H2,1-2H3,(H,25,29)(H,26,28). The minimum Gasteiger partial charge on any atom is -0.348 e. The predicted molar refractivity (Wildman–Crippen MR) is 123 cm³/mol. The number of para-hydroxylation sites is 1. The van der Waals surface area contributed by atoms with Gasteiger partial charge in [-0.15, -0.1) is 0 Å². The highest BCUT2D eigenvalue weighted by Gasteiger charge is 2.14. The van der Waals surface area contributed by atoms with Gasteiger partial charge in [-0.2, -0.15) is 11.3 Å². The first-order valence-corrected chi connectivity index (χ1v) is 11.1. The molecule has 0 aliphatic carbocycles. The SMILES string of the molecule is CCN(CC)Cc1ccc(CNC(=O)c2ccccc2NC(=O)c2ccsc2)cc1. The quantitative estimate of drug-likeness (QED) is 0.523. The van der Waals surface area contributed by atoms with Gasteiger partial charge < -0.3 is 10.6 Å². The Hall–Kier alpha value is -2.96. The minimum absolute atomic E-state index is 0.219. The van der Waals surface area contributed by atoms with Crippen LogP contribution in [0.5, 0.6) is 0 Å². The van der Waals surface area contributed by atoms with Gasteiger partial charge in [0, 0.05) is 18.5 Å². The lowest BCUT2D eigenvalue weighted by Crippen LogP contribution is -2.25. The number of nitrogens with one attached hydrogen (secondary N) is 2. The van der Waals surface area contributed by atoms with E-state index in [4.69, 9.17) is 0 Å². The van der Waals surface area contributed by atoms with Crippen LogP contribution in [-0.2, 0) is 13.1 Å². The highest BCUT2D eigenvalue weighted by molar-refractivity contribution is 7.08. The molecular weight excluding hydrogens is 394 g/mol. The first kappa shape index (κ1) is 21.7. The van der Waals surface area contributed by atoms with Crippen LogP contribution in [-0.4, -0.2) is 29.8 Å². The van der Waals surface area contributed by atoms with Crippen molar-refractivity contribution in [2.24, 2.45) is 0 Å². The van der Waals surface area contributed by atoms with Gasteiger partial charge in [0.1, 0.15) is 0 Å². The van der Waals surface area contributed by atoms with Crippen molar-refractivity contribution in [3.05, 3.63) is 87.6 Å². The molecule has 0 saturated carbocycles. The molecule has 0 spiro atoms. The van der Waals surface area contributed by atoms with Crippen LogP contribution in [0, 0.1) is 0 Å². The number of nitrogens with zero attached hydrogens (tertiary/aromatic N) is 1. The fourth-order valence-corrected chi connectivity index (χ4v) is 3.76. The zero-order valence-corrected chi connectivity index (χ0v) is 18.2. The van der Waals surface area contributed by atoms with Gasteiger partial charge in [-0.1, -0.05) is 50.2 Å². The Morgan fingerprint density at radius 2 is 1.60 bits per heavy atom. The molecule has 2 amide bonds. The van der Waals surface area contributed by atoms with Crippen LogP contribution in [0.25, 0.3) is 0 Å². The summed E-state index contributed by atoms with van der Waals surface area (Å²) >= 11 is 1.46. The summed E-state index contributed by atoms with van der Waals surface area (Å²) in [5.41, 5.74) is 3.82. The molecule has 30 heavy (non-hydrogen) atoms. The molecule has 0 fully saturated rings. The number of hydrogen-bond acceptors (Lipinski definition) is 4. The summed E-state index contributed by atoms with van der Waals surface area (Å²) in [7, 11) is 0. The van der Waals surface area contributed by atoms with Gasteiger partial charge >= 0.3 is 0 Å². The van der Waals surface area contributed by atoms with Crippen LogP contribution in [0.2, 0.25) is 0 Å². The lowest BCUT2D eigenvalue weighted by molar-refractivity contribution is 0.0952. The third kappa shape index (κ3) is 5.78. The molecule has 5 nitrogen and oxygen atoms in total. The highest BCUT2D eigenvalue weighted by atomic mass is 32.1. The first-order chi connectivity index (χ1) is 14.6. The summed E-state index contributed by atoms with van der Waals surface area (Å²) in [6.07, 6.45) is 0. The summed E-state index contributed by atoms with van der Waals surface area (Å²) < 4.78 is 0. The van der Waals surface area contributed by atoms with Crippen molar-refractivity contribution in [1.82, 2.24) is 10.2 Å². The summed E-state index contributed by atoms with van der Waals surface area (Å²) in [6.45, 7) is 7.73. The molecule has 3 aromatic rings. The summed E-state index contributed by atoms with van der Waals surface area (Å²) in [5.74, 6) is -0.441. The Morgan fingerprint density at radius 3 is 2.27 bits per heavy atom. The van der Waals surface area contributed by atoms with Crippen molar-refractivity contribution in [3.8, 4) is 0 Å². The molecule has 0 aliphatic heterocycles. The Labute approximate surface area is 181 Å². The Kier molecular flexibility index (Phi) is 7.76. The van der Waals surface area contributed by atoms with Gasteiger partial charge in [0.25, 0.3) is 11.8 Å². The number of thiophene rings is 1. The third-order valence-electron chi connectivity index (χ3n) is 4.98. The van der Waals surface area contributed by atoms with Crippen molar-refractivity contribution in [3.63, 3.8) is 0 Å². The van der Waals surface area contributed by atoms with E-state index < -0.39 is 0 Å². The largest absolute Gasteiger partial charge is 0.348 e. The summed E-state index contributed by atoms with van der Waals surface area (Å²) in [4.78, 5) is 27.4. The van der Waals surface area contributed by atoms with Gasteiger partial charge in [-0.3, -0.25) is 14.5 Å². The molecular formula is C24H27N3O2S. The number of carbonyl (C=O) groups excluding carboxylic acids is 2. The highest BCUT2D eigenvalue weighted by Crippen LogP contribution is 2.17.